The van der Waals surface area contributed by atoms with E-state index < -0.39 is 125 Å². The van der Waals surface area contributed by atoms with Gasteiger partial charge in [0.15, 0.2) is 46.5 Å². The third-order valence-corrected chi connectivity index (χ3v) is 6.59. The fourth-order valence-corrected chi connectivity index (χ4v) is 4.49. The lowest BCUT2D eigenvalue weighted by atomic mass is 9.99. The molecule has 1 saturated carbocycles. The minimum Gasteiger partial charge on any atom is -0.619 e. The Kier molecular flexibility index (Phi) is 8.35. The van der Waals surface area contributed by atoms with Gasteiger partial charge < -0.3 is 5.21 Å². The minimum atomic E-state index is -2.42. The van der Waals surface area contributed by atoms with Crippen LogP contribution in [0, 0.1) is 120 Å². The summed E-state index contributed by atoms with van der Waals surface area (Å²) in [4.78, 5) is 0. The molecule has 0 amide bonds. The van der Waals surface area contributed by atoms with Crippen molar-refractivity contribution < 1.29 is 48.6 Å². The Morgan fingerprint density at radius 3 is 1.02 bits per heavy atom. The number of nitriles is 5. The van der Waals surface area contributed by atoms with E-state index in [9.17, 15) is 38.6 Å². The molecule has 0 aliphatic heterocycles. The van der Waals surface area contributed by atoms with Crippen molar-refractivity contribution in [3.63, 3.8) is 0 Å². The summed E-state index contributed by atoms with van der Waals surface area (Å²) in [6.45, 7) is 2.85. The van der Waals surface area contributed by atoms with E-state index in [-0.39, 0.29) is 4.74 Å². The van der Waals surface area contributed by atoms with Gasteiger partial charge in [-0.05, 0) is 0 Å². The number of hydrogen-bond donors (Lipinski definition) is 0. The van der Waals surface area contributed by atoms with E-state index in [4.69, 9.17) is 10.5 Å². The molecule has 1 fully saturated rings. The van der Waals surface area contributed by atoms with Crippen LogP contribution in [0.15, 0.2) is 28.9 Å². The molecule has 0 unspecified atom stereocenters. The Labute approximate surface area is 254 Å². The Bertz CT molecular complexity index is 2140. The van der Waals surface area contributed by atoms with Crippen LogP contribution in [0.2, 0.25) is 0 Å². The van der Waals surface area contributed by atoms with Gasteiger partial charge in [0.1, 0.15) is 59.8 Å². The van der Waals surface area contributed by atoms with E-state index in [1.165, 1.54) is 6.07 Å². The van der Waals surface area contributed by atoms with Crippen LogP contribution < -0.4 is 0 Å². The average Bonchev–Trinajstić information content (AvgIpc) is 3.75. The molecule has 3 aromatic carbocycles. The van der Waals surface area contributed by atoms with Crippen LogP contribution >= 0.6 is 0 Å². The summed E-state index contributed by atoms with van der Waals surface area (Å²) in [6, 6.07) is 5.64. The van der Waals surface area contributed by atoms with Gasteiger partial charge in [0.2, 0.25) is 5.69 Å². The largest absolute Gasteiger partial charge is 0.619 e. The quantitative estimate of drug-likeness (QED) is 0.0569. The van der Waals surface area contributed by atoms with Crippen LogP contribution in [-0.4, -0.2) is 11.5 Å². The monoisotopic (exact) mass is 654 g/mol. The summed E-state index contributed by atoms with van der Waals surface area (Å²) in [5.74, 6) is -22.6. The number of hydrogen-bond acceptors (Lipinski definition) is 6. The standard InChI is InChI=1S/C30H4F10N6O/c1-46(47)9-2-15(31)17(16(32)3-9)10(4-41)18-19(11(5-42)21-27(37)23(33)13(7-44)24(34)28(21)38)20(18)12(6-43)22-29(39)25(35)14(8-45)26(36)30(22)40/h2-3H,1H2/b18-10-,19-11?,20-12-. The van der Waals surface area contributed by atoms with Crippen molar-refractivity contribution in [2.75, 3.05) is 0 Å². The SMILES string of the molecule is C=[N+]([O-])c1cc(F)c(/C(C#N)=C2/C(=C(C#N)c3c(F)c(F)c(C#N)c(F)c3F)/C2=C(/C#N)c2c(F)c(F)c(C#N)c(F)c2F)c(F)c1. The first-order valence-corrected chi connectivity index (χ1v) is 11.9. The van der Waals surface area contributed by atoms with E-state index >= 15 is 26.3 Å². The van der Waals surface area contributed by atoms with Crippen molar-refractivity contribution in [1.29, 1.82) is 26.3 Å². The normalized spacial score (nSPS) is 15.0. The molecule has 0 spiro atoms. The highest BCUT2D eigenvalue weighted by molar-refractivity contribution is 6.12. The van der Waals surface area contributed by atoms with E-state index in [1.54, 1.807) is 0 Å². The highest BCUT2D eigenvalue weighted by Gasteiger charge is 2.45. The molecule has 7 nitrogen and oxygen atoms in total. The van der Waals surface area contributed by atoms with Gasteiger partial charge in [-0.2, -0.15) is 31.0 Å². The summed E-state index contributed by atoms with van der Waals surface area (Å²) in [7, 11) is 0. The van der Waals surface area contributed by atoms with Crippen molar-refractivity contribution in [1.82, 2.24) is 0 Å². The first-order chi connectivity index (χ1) is 22.1. The number of allylic oxidation sites excluding steroid dienone is 6. The van der Waals surface area contributed by atoms with Gasteiger partial charge in [0.05, 0.1) is 33.4 Å². The summed E-state index contributed by atoms with van der Waals surface area (Å²) in [5.41, 5.74) is -17.8. The maximum Gasteiger partial charge on any atom is 0.221 e. The van der Waals surface area contributed by atoms with Gasteiger partial charge in [-0.3, -0.25) is 0 Å². The third-order valence-electron chi connectivity index (χ3n) is 6.59. The lowest BCUT2D eigenvalue weighted by Crippen LogP contribution is -2.06. The van der Waals surface area contributed by atoms with E-state index in [1.807, 2.05) is 0 Å². The Morgan fingerprint density at radius 1 is 0.511 bits per heavy atom. The molecule has 0 N–H and O–H groups in total. The Balaban J connectivity index is 2.33. The highest BCUT2D eigenvalue weighted by atomic mass is 19.2. The molecule has 0 bridgehead atoms. The molecule has 0 heterocycles. The third kappa shape index (κ3) is 4.87. The zero-order valence-corrected chi connectivity index (χ0v) is 22.2. The van der Waals surface area contributed by atoms with Crippen molar-refractivity contribution in [2.24, 2.45) is 0 Å². The molecule has 0 aromatic heterocycles. The number of halogens is 10. The van der Waals surface area contributed by atoms with Crippen molar-refractivity contribution in [3.05, 3.63) is 120 Å². The lowest BCUT2D eigenvalue weighted by molar-refractivity contribution is -0.350. The maximum atomic E-state index is 15.1. The number of nitrogens with zero attached hydrogens (tertiary/aromatic N) is 6. The number of rotatable bonds is 4. The van der Waals surface area contributed by atoms with Gasteiger partial charge in [0.25, 0.3) is 0 Å². The molecule has 17 heteroatoms. The molecular formula is C30H4F10N6O. The van der Waals surface area contributed by atoms with Gasteiger partial charge in [-0.15, -0.1) is 0 Å². The van der Waals surface area contributed by atoms with Crippen LogP contribution in [-0.2, 0) is 0 Å². The van der Waals surface area contributed by atoms with Crippen LogP contribution in [0.1, 0.15) is 27.8 Å². The molecule has 1 aliphatic rings. The van der Waals surface area contributed by atoms with E-state index in [2.05, 4.69) is 6.72 Å². The molecule has 0 saturated heterocycles. The zero-order valence-electron chi connectivity index (χ0n) is 22.2. The van der Waals surface area contributed by atoms with Crippen LogP contribution in [0.4, 0.5) is 49.6 Å². The molecule has 4 rings (SSSR count). The predicted molar refractivity (Wildman–Crippen MR) is 136 cm³/mol. The van der Waals surface area contributed by atoms with Gasteiger partial charge >= 0.3 is 0 Å². The molecular weight excluding hydrogens is 650 g/mol. The van der Waals surface area contributed by atoms with Crippen LogP contribution in [0.25, 0.3) is 16.7 Å². The van der Waals surface area contributed by atoms with Crippen molar-refractivity contribution in [2.45, 2.75) is 0 Å². The summed E-state index contributed by atoms with van der Waals surface area (Å²) in [5, 5.41) is 58.8. The van der Waals surface area contributed by atoms with E-state index in [0.29, 0.717) is 12.1 Å². The van der Waals surface area contributed by atoms with Crippen molar-refractivity contribution >= 4 is 29.1 Å². The molecule has 47 heavy (non-hydrogen) atoms. The first kappa shape index (κ1) is 33.0. The smallest absolute Gasteiger partial charge is 0.221 e. The van der Waals surface area contributed by atoms with Crippen molar-refractivity contribution in [3.8, 4) is 30.3 Å². The van der Waals surface area contributed by atoms with Gasteiger partial charge in [-0.1, -0.05) is 0 Å². The molecule has 0 radical (unpaired) electrons. The fourth-order valence-electron chi connectivity index (χ4n) is 4.49. The second-order valence-corrected chi connectivity index (χ2v) is 8.98. The van der Waals surface area contributed by atoms with Crippen LogP contribution in [0.5, 0.6) is 0 Å². The average molecular weight is 654 g/mol. The molecule has 0 atom stereocenters. The Morgan fingerprint density at radius 2 is 0.787 bits per heavy atom. The maximum absolute atomic E-state index is 15.1. The topological polar surface area (TPSA) is 145 Å². The lowest BCUT2D eigenvalue weighted by Gasteiger charge is -2.08. The molecule has 1 aliphatic carbocycles. The summed E-state index contributed by atoms with van der Waals surface area (Å²) >= 11 is 0. The first-order valence-electron chi connectivity index (χ1n) is 11.9. The van der Waals surface area contributed by atoms with Gasteiger partial charge in [0, 0.05) is 28.9 Å². The summed E-state index contributed by atoms with van der Waals surface area (Å²) < 4.78 is 148. The highest BCUT2D eigenvalue weighted by Crippen LogP contribution is 2.57. The fraction of sp³-hybridized carbons (Fsp3) is 0. The predicted octanol–water partition coefficient (Wildman–Crippen LogP) is 6.91. The molecule has 3 aromatic rings. The summed E-state index contributed by atoms with van der Waals surface area (Å²) in [6.07, 6.45) is 0. The van der Waals surface area contributed by atoms with Crippen LogP contribution in [0.3, 0.4) is 0 Å². The van der Waals surface area contributed by atoms with E-state index in [0.717, 1.165) is 24.3 Å². The Hall–Kier alpha value is -6.90. The second-order valence-electron chi connectivity index (χ2n) is 8.98. The second kappa shape index (κ2) is 11.9. The zero-order chi connectivity index (χ0) is 35.2. The molecule has 230 valence electrons. The minimum absolute atomic E-state index is 0.274. The van der Waals surface area contributed by atoms with Gasteiger partial charge in [-0.25, -0.2) is 43.9 Å². The number of benzene rings is 3.